The number of fused-ring (bicyclic) bond motifs is 1. The molecule has 0 bridgehead atoms. The molecule has 1 aliphatic carbocycles. The highest BCUT2D eigenvalue weighted by atomic mass is 35.5. The van der Waals surface area contributed by atoms with Gasteiger partial charge in [-0.2, -0.15) is 0 Å². The zero-order valence-corrected chi connectivity index (χ0v) is 12.4. The largest absolute Gasteiger partial charge is 0.481 e. The molecule has 21 heavy (non-hydrogen) atoms. The van der Waals surface area contributed by atoms with Crippen LogP contribution >= 0.6 is 11.6 Å². The second-order valence-corrected chi connectivity index (χ2v) is 5.81. The molecular formula is C16H16ClNO3. The van der Waals surface area contributed by atoms with E-state index < -0.39 is 5.97 Å². The van der Waals surface area contributed by atoms with E-state index in [1.807, 2.05) is 18.2 Å². The Morgan fingerprint density at radius 2 is 2.19 bits per heavy atom. The molecule has 1 aromatic carbocycles. The first-order chi connectivity index (χ1) is 10.1. The van der Waals surface area contributed by atoms with E-state index in [0.717, 1.165) is 29.3 Å². The molecule has 4 nitrogen and oxygen atoms in total. The molecule has 1 N–H and O–H groups in total. The average Bonchev–Trinajstić information content (AvgIpc) is 3.29. The molecule has 1 atom stereocenters. The summed E-state index contributed by atoms with van der Waals surface area (Å²) in [5.74, 6) is 0.176. The molecular weight excluding hydrogens is 290 g/mol. The van der Waals surface area contributed by atoms with Crippen LogP contribution in [0.5, 0.6) is 5.88 Å². The Labute approximate surface area is 127 Å². The number of rotatable bonds is 5. The first-order valence-corrected chi connectivity index (χ1v) is 7.33. The van der Waals surface area contributed by atoms with Crippen molar-refractivity contribution in [1.29, 1.82) is 0 Å². The smallest absolute Gasteiger partial charge is 0.303 e. The van der Waals surface area contributed by atoms with Crippen molar-refractivity contribution in [3.63, 3.8) is 0 Å². The van der Waals surface area contributed by atoms with Crippen LogP contribution in [0.1, 0.15) is 30.7 Å². The number of ether oxygens (including phenoxy) is 1. The zero-order chi connectivity index (χ0) is 15.0. The van der Waals surface area contributed by atoms with Gasteiger partial charge in [0.1, 0.15) is 0 Å². The average molecular weight is 306 g/mol. The van der Waals surface area contributed by atoms with E-state index in [2.05, 4.69) is 4.98 Å². The predicted molar refractivity (Wildman–Crippen MR) is 81.0 cm³/mol. The Balaban J connectivity index is 2.05. The number of pyridine rings is 1. The van der Waals surface area contributed by atoms with Crippen LogP contribution in [0, 0.1) is 5.92 Å². The Morgan fingerprint density at radius 1 is 1.43 bits per heavy atom. The highest BCUT2D eigenvalue weighted by Crippen LogP contribution is 2.47. The molecule has 0 radical (unpaired) electrons. The molecule has 2 aromatic rings. The highest BCUT2D eigenvalue weighted by molar-refractivity contribution is 6.36. The second-order valence-electron chi connectivity index (χ2n) is 5.43. The summed E-state index contributed by atoms with van der Waals surface area (Å²) < 4.78 is 5.11. The number of methoxy groups -OCH3 is 1. The molecule has 3 rings (SSSR count). The van der Waals surface area contributed by atoms with Crippen molar-refractivity contribution in [3.8, 4) is 5.88 Å². The van der Waals surface area contributed by atoms with Gasteiger partial charge in [-0.1, -0.05) is 17.7 Å². The van der Waals surface area contributed by atoms with Crippen molar-refractivity contribution >= 4 is 28.5 Å². The lowest BCUT2D eigenvalue weighted by Gasteiger charge is -2.17. The fraction of sp³-hybridized carbons (Fsp3) is 0.375. The Hall–Kier alpha value is -1.81. The Kier molecular flexibility index (Phi) is 3.72. The van der Waals surface area contributed by atoms with Gasteiger partial charge in [-0.3, -0.25) is 4.79 Å². The lowest BCUT2D eigenvalue weighted by atomic mass is 9.90. The van der Waals surface area contributed by atoms with Crippen molar-refractivity contribution in [2.75, 3.05) is 7.11 Å². The standard InChI is InChI=1S/C16H16ClNO3/c1-21-14-7-5-11-13(18-14)6-4-10(16(11)17)12(8-15(19)20)9-2-3-9/h4-7,9,12H,2-3,8H2,1H3,(H,19,20). The lowest BCUT2D eigenvalue weighted by Crippen LogP contribution is -2.09. The summed E-state index contributed by atoms with van der Waals surface area (Å²) >= 11 is 6.51. The maximum absolute atomic E-state index is 11.1. The first kappa shape index (κ1) is 14.1. The van der Waals surface area contributed by atoms with Crippen LogP contribution in [0.3, 0.4) is 0 Å². The van der Waals surface area contributed by atoms with Crippen LogP contribution in [-0.2, 0) is 4.79 Å². The number of hydrogen-bond donors (Lipinski definition) is 1. The number of hydrogen-bond acceptors (Lipinski definition) is 3. The first-order valence-electron chi connectivity index (χ1n) is 6.95. The van der Waals surface area contributed by atoms with Gasteiger partial charge < -0.3 is 9.84 Å². The van der Waals surface area contributed by atoms with Crippen LogP contribution in [0.2, 0.25) is 5.02 Å². The van der Waals surface area contributed by atoms with Gasteiger partial charge >= 0.3 is 5.97 Å². The number of nitrogens with zero attached hydrogens (tertiary/aromatic N) is 1. The van der Waals surface area contributed by atoms with Gasteiger partial charge in [0.25, 0.3) is 0 Å². The summed E-state index contributed by atoms with van der Waals surface area (Å²) in [7, 11) is 1.57. The topological polar surface area (TPSA) is 59.4 Å². The third-order valence-electron chi connectivity index (χ3n) is 4.00. The summed E-state index contributed by atoms with van der Waals surface area (Å²) in [4.78, 5) is 15.5. The molecule has 1 saturated carbocycles. The van der Waals surface area contributed by atoms with E-state index >= 15 is 0 Å². The number of carbonyl (C=O) groups is 1. The molecule has 110 valence electrons. The van der Waals surface area contributed by atoms with Gasteiger partial charge in [-0.05, 0) is 42.4 Å². The summed E-state index contributed by atoms with van der Waals surface area (Å²) in [6.07, 6.45) is 2.28. The number of benzene rings is 1. The minimum atomic E-state index is -0.782. The van der Waals surface area contributed by atoms with Gasteiger partial charge in [-0.15, -0.1) is 0 Å². The van der Waals surface area contributed by atoms with Crippen LogP contribution in [0.15, 0.2) is 24.3 Å². The van der Waals surface area contributed by atoms with Gasteiger partial charge in [0.05, 0.1) is 24.1 Å². The molecule has 1 unspecified atom stereocenters. The number of carboxylic acid groups (broad SMARTS) is 1. The quantitative estimate of drug-likeness (QED) is 0.911. The summed E-state index contributed by atoms with van der Waals surface area (Å²) in [6, 6.07) is 7.43. The van der Waals surface area contributed by atoms with E-state index in [4.69, 9.17) is 21.4 Å². The fourth-order valence-corrected chi connectivity index (χ4v) is 3.15. The second kappa shape index (κ2) is 5.53. The van der Waals surface area contributed by atoms with Gasteiger partial charge in [-0.25, -0.2) is 4.98 Å². The molecule has 1 aliphatic rings. The molecule has 1 fully saturated rings. The normalized spacial score (nSPS) is 15.9. The summed E-state index contributed by atoms with van der Waals surface area (Å²) in [6.45, 7) is 0. The lowest BCUT2D eigenvalue weighted by molar-refractivity contribution is -0.137. The van der Waals surface area contributed by atoms with E-state index in [-0.39, 0.29) is 12.3 Å². The minimum Gasteiger partial charge on any atom is -0.481 e. The van der Waals surface area contributed by atoms with Gasteiger partial charge in [0, 0.05) is 11.5 Å². The van der Waals surface area contributed by atoms with Crippen molar-refractivity contribution in [1.82, 2.24) is 4.98 Å². The third kappa shape index (κ3) is 2.81. The third-order valence-corrected chi connectivity index (χ3v) is 4.43. The van der Waals surface area contributed by atoms with Crippen LogP contribution in [-0.4, -0.2) is 23.2 Å². The number of aromatic nitrogens is 1. The summed E-state index contributed by atoms with van der Waals surface area (Å²) in [5.41, 5.74) is 1.68. The maximum atomic E-state index is 11.1. The fourth-order valence-electron chi connectivity index (χ4n) is 2.78. The molecule has 1 heterocycles. The van der Waals surface area contributed by atoms with Crippen LogP contribution in [0.25, 0.3) is 10.9 Å². The van der Waals surface area contributed by atoms with E-state index in [9.17, 15) is 4.79 Å². The van der Waals surface area contributed by atoms with Crippen molar-refractivity contribution in [2.45, 2.75) is 25.2 Å². The number of aliphatic carboxylic acids is 1. The SMILES string of the molecule is COc1ccc2c(Cl)c(C(CC(=O)O)C3CC3)ccc2n1. The Morgan fingerprint density at radius 3 is 2.81 bits per heavy atom. The molecule has 0 saturated heterocycles. The molecule has 0 spiro atoms. The molecule has 5 heteroatoms. The highest BCUT2D eigenvalue weighted by Gasteiger charge is 2.35. The zero-order valence-electron chi connectivity index (χ0n) is 11.7. The van der Waals surface area contributed by atoms with E-state index in [1.165, 1.54) is 0 Å². The number of carboxylic acids is 1. The van der Waals surface area contributed by atoms with E-state index in [0.29, 0.717) is 16.8 Å². The van der Waals surface area contributed by atoms with Crippen molar-refractivity contribution in [3.05, 3.63) is 34.9 Å². The monoisotopic (exact) mass is 305 g/mol. The molecule has 1 aromatic heterocycles. The summed E-state index contributed by atoms with van der Waals surface area (Å²) in [5, 5.41) is 10.6. The van der Waals surface area contributed by atoms with Crippen molar-refractivity contribution < 1.29 is 14.6 Å². The maximum Gasteiger partial charge on any atom is 0.303 e. The molecule has 0 aliphatic heterocycles. The predicted octanol–water partition coefficient (Wildman–Crippen LogP) is 3.87. The Bertz CT molecular complexity index is 697. The minimum absolute atomic E-state index is 0.0125. The van der Waals surface area contributed by atoms with Crippen LogP contribution in [0.4, 0.5) is 0 Å². The number of halogens is 1. The van der Waals surface area contributed by atoms with Gasteiger partial charge in [0.2, 0.25) is 5.88 Å². The molecule has 0 amide bonds. The van der Waals surface area contributed by atoms with Crippen molar-refractivity contribution in [2.24, 2.45) is 5.92 Å². The van der Waals surface area contributed by atoms with E-state index in [1.54, 1.807) is 13.2 Å². The van der Waals surface area contributed by atoms with Crippen LogP contribution < -0.4 is 4.74 Å². The van der Waals surface area contributed by atoms with Gasteiger partial charge in [0.15, 0.2) is 0 Å².